The molecule has 1 aliphatic heterocycles. The third kappa shape index (κ3) is 3.90. The van der Waals surface area contributed by atoms with Crippen LogP contribution in [0.5, 0.6) is 0 Å². The molecule has 2 heteroatoms. The third-order valence-electron chi connectivity index (χ3n) is 3.18. The average molecular weight is 262 g/mol. The number of piperidine rings is 1. The number of alkyl halides is 1. The van der Waals surface area contributed by atoms with Crippen molar-refractivity contribution in [3.05, 3.63) is 0 Å². The summed E-state index contributed by atoms with van der Waals surface area (Å²) in [6.45, 7) is 7.27. The molecule has 1 aliphatic rings. The van der Waals surface area contributed by atoms with E-state index in [4.69, 9.17) is 0 Å². The standard InChI is InChI=1S/C12H24BrN/c1-3-6-12-7-4-5-8-14(12)10-11(2)9-13/h11-12H,3-10H2,1-2H3. The Morgan fingerprint density at radius 2 is 2.21 bits per heavy atom. The van der Waals surface area contributed by atoms with Gasteiger partial charge in [-0.05, 0) is 31.7 Å². The van der Waals surface area contributed by atoms with Gasteiger partial charge in [0.1, 0.15) is 0 Å². The van der Waals surface area contributed by atoms with Gasteiger partial charge in [0.05, 0.1) is 0 Å². The average Bonchev–Trinajstić information content (AvgIpc) is 2.21. The molecule has 0 aliphatic carbocycles. The van der Waals surface area contributed by atoms with Crippen molar-refractivity contribution < 1.29 is 0 Å². The van der Waals surface area contributed by atoms with Crippen LogP contribution in [0.25, 0.3) is 0 Å². The lowest BCUT2D eigenvalue weighted by molar-refractivity contribution is 0.125. The summed E-state index contributed by atoms with van der Waals surface area (Å²) in [7, 11) is 0. The fraction of sp³-hybridized carbons (Fsp3) is 1.00. The number of likely N-dealkylation sites (tertiary alicyclic amines) is 1. The van der Waals surface area contributed by atoms with E-state index < -0.39 is 0 Å². The molecule has 1 rings (SSSR count). The van der Waals surface area contributed by atoms with E-state index in [0.29, 0.717) is 0 Å². The highest BCUT2D eigenvalue weighted by Crippen LogP contribution is 2.22. The molecule has 1 saturated heterocycles. The molecule has 14 heavy (non-hydrogen) atoms. The Hall–Kier alpha value is 0.440. The van der Waals surface area contributed by atoms with Gasteiger partial charge in [0.25, 0.3) is 0 Å². The minimum atomic E-state index is 0.799. The molecule has 0 aromatic carbocycles. The van der Waals surface area contributed by atoms with Crippen LogP contribution in [0.2, 0.25) is 0 Å². The Balaban J connectivity index is 2.37. The maximum Gasteiger partial charge on any atom is 0.00952 e. The van der Waals surface area contributed by atoms with E-state index in [9.17, 15) is 0 Å². The summed E-state index contributed by atoms with van der Waals surface area (Å²) in [5.41, 5.74) is 0. The predicted octanol–water partition coefficient (Wildman–Crippen LogP) is 3.67. The molecule has 0 aromatic heterocycles. The van der Waals surface area contributed by atoms with Crippen LogP contribution in [0.3, 0.4) is 0 Å². The monoisotopic (exact) mass is 261 g/mol. The Kier molecular flexibility index (Phi) is 6.11. The lowest BCUT2D eigenvalue weighted by Gasteiger charge is -2.37. The van der Waals surface area contributed by atoms with Crippen LogP contribution < -0.4 is 0 Å². The van der Waals surface area contributed by atoms with Crippen molar-refractivity contribution in [1.29, 1.82) is 0 Å². The Morgan fingerprint density at radius 3 is 2.86 bits per heavy atom. The first-order chi connectivity index (χ1) is 6.77. The zero-order chi connectivity index (χ0) is 10.4. The lowest BCUT2D eigenvalue weighted by Crippen LogP contribution is -2.42. The molecular formula is C12H24BrN. The van der Waals surface area contributed by atoms with Crippen LogP contribution in [0.15, 0.2) is 0 Å². The quantitative estimate of drug-likeness (QED) is 0.683. The largest absolute Gasteiger partial charge is 0.300 e. The fourth-order valence-corrected chi connectivity index (χ4v) is 2.61. The molecule has 0 amide bonds. The molecule has 84 valence electrons. The second-order valence-corrected chi connectivity index (χ2v) is 5.34. The predicted molar refractivity (Wildman–Crippen MR) is 67.1 cm³/mol. The fourth-order valence-electron chi connectivity index (χ4n) is 2.41. The summed E-state index contributed by atoms with van der Waals surface area (Å²) in [5, 5.41) is 1.14. The summed E-state index contributed by atoms with van der Waals surface area (Å²) >= 11 is 3.57. The van der Waals surface area contributed by atoms with Gasteiger partial charge in [-0.1, -0.05) is 42.6 Å². The number of nitrogens with zero attached hydrogens (tertiary/aromatic N) is 1. The van der Waals surface area contributed by atoms with Gasteiger partial charge < -0.3 is 4.90 Å². The third-order valence-corrected chi connectivity index (χ3v) is 4.29. The van der Waals surface area contributed by atoms with Crippen LogP contribution in [0.4, 0.5) is 0 Å². The first-order valence-corrected chi connectivity index (χ1v) is 7.20. The smallest absolute Gasteiger partial charge is 0.00952 e. The Morgan fingerprint density at radius 1 is 1.43 bits per heavy atom. The molecule has 0 bridgehead atoms. The second kappa shape index (κ2) is 6.84. The lowest BCUT2D eigenvalue weighted by atomic mass is 9.97. The van der Waals surface area contributed by atoms with E-state index in [2.05, 4.69) is 34.7 Å². The van der Waals surface area contributed by atoms with Gasteiger partial charge in [0.2, 0.25) is 0 Å². The molecule has 0 N–H and O–H groups in total. The molecule has 0 aromatic rings. The van der Waals surface area contributed by atoms with Crippen molar-refractivity contribution in [2.45, 2.75) is 52.0 Å². The van der Waals surface area contributed by atoms with E-state index in [1.165, 1.54) is 45.2 Å². The van der Waals surface area contributed by atoms with Crippen LogP contribution in [0.1, 0.15) is 46.0 Å². The van der Waals surface area contributed by atoms with Crippen molar-refractivity contribution in [3.63, 3.8) is 0 Å². The van der Waals surface area contributed by atoms with E-state index in [0.717, 1.165) is 17.3 Å². The van der Waals surface area contributed by atoms with Gasteiger partial charge in [-0.2, -0.15) is 0 Å². The van der Waals surface area contributed by atoms with Gasteiger partial charge in [-0.3, -0.25) is 0 Å². The summed E-state index contributed by atoms with van der Waals surface area (Å²) in [6.07, 6.45) is 7.03. The van der Waals surface area contributed by atoms with Gasteiger partial charge in [-0.25, -0.2) is 0 Å². The maximum absolute atomic E-state index is 3.57. The summed E-state index contributed by atoms with van der Waals surface area (Å²) in [6, 6.07) is 0.884. The minimum Gasteiger partial charge on any atom is -0.300 e. The van der Waals surface area contributed by atoms with Crippen molar-refractivity contribution >= 4 is 15.9 Å². The van der Waals surface area contributed by atoms with Crippen LogP contribution in [-0.2, 0) is 0 Å². The zero-order valence-corrected chi connectivity index (χ0v) is 11.2. The van der Waals surface area contributed by atoms with Crippen molar-refractivity contribution in [3.8, 4) is 0 Å². The Bertz CT molecular complexity index is 147. The molecule has 0 saturated carbocycles. The molecule has 1 fully saturated rings. The van der Waals surface area contributed by atoms with E-state index >= 15 is 0 Å². The molecule has 0 spiro atoms. The molecule has 0 radical (unpaired) electrons. The Labute approximate surface area is 97.4 Å². The molecule has 1 heterocycles. The van der Waals surface area contributed by atoms with Gasteiger partial charge >= 0.3 is 0 Å². The van der Waals surface area contributed by atoms with Crippen LogP contribution in [-0.4, -0.2) is 29.4 Å². The van der Waals surface area contributed by atoms with E-state index in [1.807, 2.05) is 0 Å². The normalized spacial score (nSPS) is 26.4. The number of hydrogen-bond acceptors (Lipinski definition) is 1. The summed E-state index contributed by atoms with van der Waals surface area (Å²) in [4.78, 5) is 2.72. The van der Waals surface area contributed by atoms with E-state index in [-0.39, 0.29) is 0 Å². The van der Waals surface area contributed by atoms with Gasteiger partial charge in [-0.15, -0.1) is 0 Å². The van der Waals surface area contributed by atoms with Crippen LogP contribution >= 0.6 is 15.9 Å². The molecular weight excluding hydrogens is 238 g/mol. The highest BCUT2D eigenvalue weighted by Gasteiger charge is 2.22. The minimum absolute atomic E-state index is 0.799. The topological polar surface area (TPSA) is 3.24 Å². The number of rotatable bonds is 5. The first-order valence-electron chi connectivity index (χ1n) is 6.08. The molecule has 2 atom stereocenters. The first kappa shape index (κ1) is 12.5. The zero-order valence-electron chi connectivity index (χ0n) is 9.64. The molecule has 2 unspecified atom stereocenters. The highest BCUT2D eigenvalue weighted by atomic mass is 79.9. The highest BCUT2D eigenvalue weighted by molar-refractivity contribution is 9.09. The maximum atomic E-state index is 3.57. The SMILES string of the molecule is CCCC1CCCCN1CC(C)CBr. The second-order valence-electron chi connectivity index (χ2n) is 4.69. The number of halogens is 1. The van der Waals surface area contributed by atoms with Gasteiger partial charge in [0.15, 0.2) is 0 Å². The summed E-state index contributed by atoms with van der Waals surface area (Å²) < 4.78 is 0. The number of hydrogen-bond donors (Lipinski definition) is 0. The summed E-state index contributed by atoms with van der Waals surface area (Å²) in [5.74, 6) is 0.799. The van der Waals surface area contributed by atoms with Crippen LogP contribution in [0, 0.1) is 5.92 Å². The van der Waals surface area contributed by atoms with Crippen molar-refractivity contribution in [2.75, 3.05) is 18.4 Å². The molecule has 1 nitrogen and oxygen atoms in total. The van der Waals surface area contributed by atoms with E-state index in [1.54, 1.807) is 0 Å². The van der Waals surface area contributed by atoms with Crippen molar-refractivity contribution in [1.82, 2.24) is 4.90 Å². The van der Waals surface area contributed by atoms with Crippen molar-refractivity contribution in [2.24, 2.45) is 5.92 Å². The van der Waals surface area contributed by atoms with Gasteiger partial charge in [0, 0.05) is 17.9 Å².